The van der Waals surface area contributed by atoms with E-state index in [0.717, 1.165) is 12.0 Å². The van der Waals surface area contributed by atoms with Crippen LogP contribution in [0.25, 0.3) is 11.0 Å². The molecule has 3 aromatic rings. The first-order valence-corrected chi connectivity index (χ1v) is 9.54. The van der Waals surface area contributed by atoms with Gasteiger partial charge in [-0.05, 0) is 57.0 Å². The Morgan fingerprint density at radius 1 is 1.10 bits per heavy atom. The lowest BCUT2D eigenvalue weighted by atomic mass is 10.2. The molecule has 1 heterocycles. The fraction of sp³-hybridized carbons (Fsp3) is 0.304. The summed E-state index contributed by atoms with van der Waals surface area (Å²) < 4.78 is 22.2. The molecule has 0 amide bonds. The summed E-state index contributed by atoms with van der Waals surface area (Å²) in [4.78, 5) is 24.8. The van der Waals surface area contributed by atoms with Gasteiger partial charge in [0.05, 0.1) is 11.5 Å². The fourth-order valence-corrected chi connectivity index (χ4v) is 2.67. The SMILES string of the molecule is CC[C@H](C)OC(=O)[C@@H](C)Oc1ccc2c(=O)c(Oc3cccc(C)c3)coc2c1. The van der Waals surface area contributed by atoms with Gasteiger partial charge in [-0.25, -0.2) is 4.79 Å². The van der Waals surface area contributed by atoms with Crippen molar-refractivity contribution in [3.63, 3.8) is 0 Å². The highest BCUT2D eigenvalue weighted by Gasteiger charge is 2.19. The van der Waals surface area contributed by atoms with Gasteiger partial charge in [0.15, 0.2) is 6.10 Å². The van der Waals surface area contributed by atoms with E-state index in [0.29, 0.717) is 22.5 Å². The third kappa shape index (κ3) is 4.96. The summed E-state index contributed by atoms with van der Waals surface area (Å²) in [6, 6.07) is 12.2. The highest BCUT2D eigenvalue weighted by atomic mass is 16.6. The number of carbonyl (C=O) groups excluding carboxylic acids is 1. The van der Waals surface area contributed by atoms with E-state index in [9.17, 15) is 9.59 Å². The van der Waals surface area contributed by atoms with E-state index in [4.69, 9.17) is 18.6 Å². The second kappa shape index (κ2) is 8.82. The Morgan fingerprint density at radius 2 is 1.90 bits per heavy atom. The molecule has 6 heteroatoms. The molecule has 0 radical (unpaired) electrons. The smallest absolute Gasteiger partial charge is 0.347 e. The average molecular weight is 396 g/mol. The van der Waals surface area contributed by atoms with Crippen molar-refractivity contribution in [2.45, 2.75) is 46.3 Å². The van der Waals surface area contributed by atoms with Gasteiger partial charge >= 0.3 is 5.97 Å². The van der Waals surface area contributed by atoms with Gasteiger partial charge in [-0.3, -0.25) is 4.79 Å². The van der Waals surface area contributed by atoms with Crippen LogP contribution in [0.3, 0.4) is 0 Å². The van der Waals surface area contributed by atoms with Crippen molar-refractivity contribution in [3.05, 3.63) is 64.5 Å². The first kappa shape index (κ1) is 20.5. The normalized spacial score (nSPS) is 13.0. The maximum Gasteiger partial charge on any atom is 0.347 e. The third-order valence-electron chi connectivity index (χ3n) is 4.47. The van der Waals surface area contributed by atoms with Gasteiger partial charge in [0.25, 0.3) is 0 Å². The van der Waals surface area contributed by atoms with Crippen molar-refractivity contribution in [1.82, 2.24) is 0 Å². The number of benzene rings is 2. The number of ether oxygens (including phenoxy) is 3. The Kier molecular flexibility index (Phi) is 6.22. The average Bonchev–Trinajstić information content (AvgIpc) is 2.70. The van der Waals surface area contributed by atoms with Gasteiger partial charge in [0.2, 0.25) is 11.2 Å². The molecule has 152 valence electrons. The topological polar surface area (TPSA) is 75.0 Å². The minimum Gasteiger partial charge on any atom is -0.479 e. The number of hydrogen-bond acceptors (Lipinski definition) is 6. The molecule has 29 heavy (non-hydrogen) atoms. The van der Waals surface area contributed by atoms with Crippen LogP contribution in [0.2, 0.25) is 0 Å². The van der Waals surface area contributed by atoms with Crippen molar-refractivity contribution >= 4 is 16.9 Å². The summed E-state index contributed by atoms with van der Waals surface area (Å²) in [7, 11) is 0. The molecule has 6 nitrogen and oxygen atoms in total. The van der Waals surface area contributed by atoms with Crippen LogP contribution in [0.4, 0.5) is 0 Å². The number of esters is 1. The number of fused-ring (bicyclic) bond motifs is 1. The molecule has 0 aliphatic heterocycles. The zero-order valence-corrected chi connectivity index (χ0v) is 16.9. The molecule has 0 bridgehead atoms. The zero-order chi connectivity index (χ0) is 21.0. The van der Waals surface area contributed by atoms with Gasteiger partial charge < -0.3 is 18.6 Å². The Labute approximate surface area is 169 Å². The van der Waals surface area contributed by atoms with E-state index in [1.165, 1.54) is 6.26 Å². The predicted molar refractivity (Wildman–Crippen MR) is 110 cm³/mol. The maximum atomic E-state index is 12.7. The van der Waals surface area contributed by atoms with E-state index in [1.807, 2.05) is 39.0 Å². The van der Waals surface area contributed by atoms with Crippen LogP contribution in [0, 0.1) is 6.92 Å². The van der Waals surface area contributed by atoms with Crippen molar-refractivity contribution in [1.29, 1.82) is 0 Å². The number of carbonyl (C=O) groups is 1. The number of rotatable bonds is 7. The molecule has 0 fully saturated rings. The Bertz CT molecular complexity index is 1070. The molecule has 0 saturated heterocycles. The molecule has 3 rings (SSSR count). The quantitative estimate of drug-likeness (QED) is 0.523. The summed E-state index contributed by atoms with van der Waals surface area (Å²) >= 11 is 0. The summed E-state index contributed by atoms with van der Waals surface area (Å²) in [5.74, 6) is 0.622. The monoisotopic (exact) mass is 396 g/mol. The van der Waals surface area contributed by atoms with Crippen LogP contribution >= 0.6 is 0 Å². The lowest BCUT2D eigenvalue weighted by Gasteiger charge is -2.17. The largest absolute Gasteiger partial charge is 0.479 e. The second-order valence-corrected chi connectivity index (χ2v) is 6.92. The van der Waals surface area contributed by atoms with Crippen molar-refractivity contribution in [2.24, 2.45) is 0 Å². The third-order valence-corrected chi connectivity index (χ3v) is 4.47. The first-order chi connectivity index (χ1) is 13.9. The Hall–Kier alpha value is -3.28. The van der Waals surface area contributed by atoms with Crippen LogP contribution in [0.15, 0.2) is 57.9 Å². The Balaban J connectivity index is 1.79. The lowest BCUT2D eigenvalue weighted by molar-refractivity contribution is -0.155. The molecule has 0 aliphatic rings. The number of hydrogen-bond donors (Lipinski definition) is 0. The predicted octanol–water partition coefficient (Wildman–Crippen LogP) is 5.00. The van der Waals surface area contributed by atoms with E-state index < -0.39 is 12.1 Å². The van der Waals surface area contributed by atoms with Gasteiger partial charge in [0.1, 0.15) is 23.3 Å². The highest BCUT2D eigenvalue weighted by molar-refractivity contribution is 5.79. The summed E-state index contributed by atoms with van der Waals surface area (Å²) in [5, 5.41) is 0.359. The molecular weight excluding hydrogens is 372 g/mol. The van der Waals surface area contributed by atoms with Crippen LogP contribution < -0.4 is 14.9 Å². The molecule has 0 saturated carbocycles. The van der Waals surface area contributed by atoms with Crippen LogP contribution in [0.5, 0.6) is 17.2 Å². The van der Waals surface area contributed by atoms with E-state index in [1.54, 1.807) is 31.2 Å². The minimum atomic E-state index is -0.780. The molecule has 0 N–H and O–H groups in total. The Morgan fingerprint density at radius 3 is 2.62 bits per heavy atom. The lowest BCUT2D eigenvalue weighted by Crippen LogP contribution is -2.29. The molecule has 0 aliphatic carbocycles. The highest BCUT2D eigenvalue weighted by Crippen LogP contribution is 2.25. The summed E-state index contributed by atoms with van der Waals surface area (Å²) in [5.41, 5.74) is 1.07. The zero-order valence-electron chi connectivity index (χ0n) is 16.9. The fourth-order valence-electron chi connectivity index (χ4n) is 2.67. The van der Waals surface area contributed by atoms with Gasteiger partial charge in [-0.2, -0.15) is 0 Å². The van der Waals surface area contributed by atoms with E-state index in [2.05, 4.69) is 0 Å². The second-order valence-electron chi connectivity index (χ2n) is 6.92. The molecule has 2 atom stereocenters. The molecule has 2 aromatic carbocycles. The van der Waals surface area contributed by atoms with Crippen molar-refractivity contribution in [2.75, 3.05) is 0 Å². The molecule has 0 spiro atoms. The first-order valence-electron chi connectivity index (χ1n) is 9.54. The van der Waals surface area contributed by atoms with Crippen molar-refractivity contribution in [3.8, 4) is 17.2 Å². The standard InChI is InChI=1S/C23H24O6/c1-5-15(3)27-23(25)16(4)28-18-9-10-19-20(12-18)26-13-21(22(19)24)29-17-8-6-7-14(2)11-17/h6-13,15-16H,5H2,1-4H3/t15-,16+/m0/s1. The van der Waals surface area contributed by atoms with Crippen LogP contribution in [-0.2, 0) is 9.53 Å². The maximum absolute atomic E-state index is 12.7. The van der Waals surface area contributed by atoms with Gasteiger partial charge in [0, 0.05) is 6.07 Å². The molecule has 1 aromatic heterocycles. The summed E-state index contributed by atoms with van der Waals surface area (Å²) in [6.07, 6.45) is 1.05. The van der Waals surface area contributed by atoms with Gasteiger partial charge in [-0.1, -0.05) is 19.1 Å². The van der Waals surface area contributed by atoms with Gasteiger partial charge in [-0.15, -0.1) is 0 Å². The minimum absolute atomic E-state index is 0.0993. The van der Waals surface area contributed by atoms with Crippen LogP contribution in [0.1, 0.15) is 32.8 Å². The van der Waals surface area contributed by atoms with Crippen LogP contribution in [-0.4, -0.2) is 18.2 Å². The summed E-state index contributed by atoms with van der Waals surface area (Å²) in [6.45, 7) is 7.32. The molecular formula is C23H24O6. The van der Waals surface area contributed by atoms with E-state index >= 15 is 0 Å². The molecule has 0 unspecified atom stereocenters. The van der Waals surface area contributed by atoms with Crippen molar-refractivity contribution < 1.29 is 23.4 Å². The van der Waals surface area contributed by atoms with E-state index in [-0.39, 0.29) is 17.3 Å². The number of aryl methyl sites for hydroxylation is 1.